The Hall–Kier alpha value is -11.3. The first-order chi connectivity index (χ1) is 67.4. The molecule has 0 unspecified atom stereocenters. The van der Waals surface area contributed by atoms with Crippen LogP contribution in [0.4, 0.5) is 52.7 Å². The van der Waals surface area contributed by atoms with Crippen LogP contribution in [0.5, 0.6) is 0 Å². The summed E-state index contributed by atoms with van der Waals surface area (Å²) in [6.45, 7) is 3.42. The van der Waals surface area contributed by atoms with E-state index in [1.54, 1.807) is 222 Å². The molecule has 144 heavy (non-hydrogen) atoms. The maximum Gasteiger partial charge on any atom is 0.471 e. The monoisotopic (exact) mass is 2040 g/mol. The SMILES string of the molecule is C.C.CCB=O.C[C@@H](C(=O)N[C@@H](COCc1ccc(COC[C@H](NC(=O)[C@H](C)N(C)C)C(=O)N2CCC[C@H]2CN(CCc2ccccc2)C(=O)C(F)(F)F)cc1)C(=O)N1CCC[C@H]1CN(CCc1ccccc1)C(=O)C(F)(F)F)N(C)C.N[C@@H](COCc1ccc(COC[C@H](N)C(=O)N2CCC[C@H]2CN(CCc2ccccc2)C(=O)C(F)(F)F)cc1)C(=O)N1CCC[C@H]1CN(CCc1ccccc1)C(=O)C(F)(F)F.[HH]. The Morgan fingerprint density at radius 2 is 0.569 bits per heavy atom. The van der Waals surface area contributed by atoms with Crippen LogP contribution in [-0.4, -0.2) is 333 Å². The van der Waals surface area contributed by atoms with Gasteiger partial charge >= 0.3 is 73.4 Å². The molecule has 4 saturated heterocycles. The predicted octanol–water partition coefficient (Wildman–Crippen LogP) is 11.5. The summed E-state index contributed by atoms with van der Waals surface area (Å²) in [5.74, 6) is -10.9. The van der Waals surface area contributed by atoms with Gasteiger partial charge in [0.15, 0.2) is 0 Å². The van der Waals surface area contributed by atoms with E-state index in [1.807, 2.05) is 6.92 Å². The number of rotatable bonds is 47. The number of hydrogen-bond donors (Lipinski definition) is 4. The van der Waals surface area contributed by atoms with E-state index in [9.17, 15) is 105 Å². The van der Waals surface area contributed by atoms with Crippen LogP contribution in [0.3, 0.4) is 0 Å². The molecule has 0 spiro atoms. The van der Waals surface area contributed by atoms with Gasteiger partial charge in [0.1, 0.15) is 24.2 Å². The molecular weight excluding hydrogens is 1900 g/mol. The zero-order chi connectivity index (χ0) is 104. The van der Waals surface area contributed by atoms with E-state index >= 15 is 0 Å². The average molecular weight is 2040 g/mol. The van der Waals surface area contributed by atoms with Gasteiger partial charge in [0.05, 0.1) is 64.9 Å². The first-order valence-electron chi connectivity index (χ1n) is 47.5. The molecule has 0 bridgehead atoms. The normalized spacial score (nSPS) is 17.1. The number of carbonyl (C=O) groups excluding carboxylic acids is 10. The van der Waals surface area contributed by atoms with Crippen molar-refractivity contribution in [3.05, 3.63) is 214 Å². The maximum atomic E-state index is 14.2. The van der Waals surface area contributed by atoms with Crippen molar-refractivity contribution in [2.24, 2.45) is 11.5 Å². The molecule has 0 saturated carbocycles. The molecule has 10 amide bonds. The van der Waals surface area contributed by atoms with E-state index in [-0.39, 0.29) is 160 Å². The number of alkyl halides is 12. The molecule has 4 aliphatic heterocycles. The Balaban J connectivity index is 0.000000491. The number of benzene rings is 6. The molecule has 10 rings (SSSR count). The quantitative estimate of drug-likeness (QED) is 0.0204. The Morgan fingerprint density at radius 3 is 0.771 bits per heavy atom. The van der Waals surface area contributed by atoms with Gasteiger partial charge < -0.3 is 80.2 Å². The fourth-order valence-electron chi connectivity index (χ4n) is 16.8. The standard InChI is InChI=1S/C54H72F6N8O8.C44H54F6N6O6.C2H5BO.2CH4.H2/c1-37(63(3)4)47(69)61-45(49(71)67-27-13-19-43(67)31-65(51(73)53(55,56)57)29-25-39-15-9-7-10-16-39)35-75-33-41-21-23-42(24-22-41)34-76-36-46(62-48(70)38(2)64(5)6)50(72)68-28-14-20-44(68)32-66(52(74)54(58,59)60)30-26-40-17-11-8-12-18-40;45-43(46,47)41(59)53(23-19-31-9-3-1-4-10-31)25-35-13-7-21-55(35)39(57)37(51)29-61-27-33-15-17-34(18-16-33)28-62-30-38(52)40(58)56-22-8-14-36(56)26-54(42(60)44(48,49)50)24-20-32-11-5-2-6-12-32;1-2-3-4;;;/h7-12,15-18,21-24,37-38,43-46H,13-14,19-20,25-36H2,1-6H3,(H,61,69)(H,62,70);1-6,9-12,15-18,35-38H,7-8,13-14,19-30,51-52H2;2H2,1H3;2*1H4;1H/t37-,38-,43-,44-,45-,46-;35-,36-,37-,38-;;;;/m00..../s1. The summed E-state index contributed by atoms with van der Waals surface area (Å²) in [6, 6.07) is 40.7. The van der Waals surface area contributed by atoms with Gasteiger partial charge in [-0.05, 0) is 164 Å². The van der Waals surface area contributed by atoms with Gasteiger partial charge in [-0.1, -0.05) is 185 Å². The van der Waals surface area contributed by atoms with Crippen LogP contribution in [-0.2, 0) is 124 Å². The van der Waals surface area contributed by atoms with Gasteiger partial charge in [-0.2, -0.15) is 52.7 Å². The molecule has 6 N–H and O–H groups in total. The van der Waals surface area contributed by atoms with Gasteiger partial charge in [-0.15, -0.1) is 0 Å². The van der Waals surface area contributed by atoms with E-state index in [1.165, 1.54) is 19.6 Å². The van der Waals surface area contributed by atoms with Crippen molar-refractivity contribution in [3.63, 3.8) is 0 Å². The van der Waals surface area contributed by atoms with Crippen molar-refractivity contribution in [1.82, 2.24) is 59.6 Å². The summed E-state index contributed by atoms with van der Waals surface area (Å²) in [5, 5.41) is 5.53. The molecule has 4 aliphatic rings. The fraction of sp³-hybridized carbons (Fsp3) is 0.549. The largest absolute Gasteiger partial charge is 0.471 e. The predicted molar refractivity (Wildman–Crippen MR) is 520 cm³/mol. The summed E-state index contributed by atoms with van der Waals surface area (Å²) < 4.78 is 197. The van der Waals surface area contributed by atoms with Crippen LogP contribution in [0.2, 0.25) is 6.32 Å². The molecule has 0 radical (unpaired) electrons. The smallest absolute Gasteiger partial charge is 0.375 e. The van der Waals surface area contributed by atoms with Crippen molar-refractivity contribution < 1.29 is 126 Å². The Morgan fingerprint density at radius 1 is 0.361 bits per heavy atom. The fourth-order valence-corrected chi connectivity index (χ4v) is 16.8. The van der Waals surface area contributed by atoms with Crippen LogP contribution in [0, 0.1) is 0 Å². The Bertz CT molecular complexity index is 4670. The summed E-state index contributed by atoms with van der Waals surface area (Å²) in [6.07, 6.45) is -15.3. The molecule has 4 heterocycles. The number of likely N-dealkylation sites (tertiary alicyclic amines) is 4. The number of halogens is 12. The third-order valence-corrected chi connectivity index (χ3v) is 25.2. The Labute approximate surface area is 837 Å². The first kappa shape index (κ1) is 121. The molecule has 796 valence electrons. The molecule has 0 aromatic heterocycles. The van der Waals surface area contributed by atoms with E-state index in [0.717, 1.165) is 60.1 Å². The Kier molecular flexibility index (Phi) is 50.1. The van der Waals surface area contributed by atoms with Crippen molar-refractivity contribution in [2.45, 2.75) is 231 Å². The molecular formula is C102H141BF12N14O15. The van der Waals surface area contributed by atoms with Crippen LogP contribution in [0.15, 0.2) is 170 Å². The second kappa shape index (κ2) is 59.4. The van der Waals surface area contributed by atoms with Gasteiger partial charge in [-0.25, -0.2) is 0 Å². The van der Waals surface area contributed by atoms with E-state index in [2.05, 4.69) is 10.6 Å². The topological polar surface area (TPSA) is 333 Å². The molecule has 6 aromatic carbocycles. The van der Waals surface area contributed by atoms with Crippen molar-refractivity contribution in [3.8, 4) is 0 Å². The third-order valence-electron chi connectivity index (χ3n) is 25.2. The van der Waals surface area contributed by atoms with Gasteiger partial charge in [-0.3, -0.25) is 57.7 Å². The number of carbonyl (C=O) groups is 10. The van der Waals surface area contributed by atoms with Crippen molar-refractivity contribution >= 4 is 66.2 Å². The summed E-state index contributed by atoms with van der Waals surface area (Å²) in [5.41, 5.74) is 18.3. The molecule has 0 aliphatic carbocycles. The second-order valence-corrected chi connectivity index (χ2v) is 36.1. The zero-order valence-electron chi connectivity index (χ0n) is 81.1. The molecule has 10 atom stereocenters. The minimum absolute atomic E-state index is 0. The number of nitrogens with zero attached hydrogens (tertiary/aromatic N) is 10. The minimum atomic E-state index is -5.13. The van der Waals surface area contributed by atoms with E-state index < -0.39 is 144 Å². The minimum Gasteiger partial charge on any atom is -0.375 e. The van der Waals surface area contributed by atoms with Gasteiger partial charge in [0.25, 0.3) is 0 Å². The van der Waals surface area contributed by atoms with Crippen LogP contribution in [0.25, 0.3) is 0 Å². The molecule has 29 nitrogen and oxygen atoms in total. The number of hydrogen-bond acceptors (Lipinski definition) is 19. The number of amides is 10. The first-order valence-corrected chi connectivity index (χ1v) is 47.5. The van der Waals surface area contributed by atoms with Crippen molar-refractivity contribution in [1.29, 1.82) is 0 Å². The number of ether oxygens (including phenoxy) is 4. The number of nitrogens with two attached hydrogens (primary N) is 2. The molecule has 6 aromatic rings. The van der Waals surface area contributed by atoms with Crippen LogP contribution >= 0.6 is 0 Å². The van der Waals surface area contributed by atoms with Gasteiger partial charge in [0.2, 0.25) is 35.4 Å². The van der Waals surface area contributed by atoms with E-state index in [4.69, 9.17) is 30.4 Å². The number of nitrogens with one attached hydrogen (secondary N) is 2. The third kappa shape index (κ3) is 38.9. The summed E-state index contributed by atoms with van der Waals surface area (Å²) in [7, 11) is 7.64. The summed E-state index contributed by atoms with van der Waals surface area (Å²) >= 11 is 0. The average Bonchev–Trinajstić information content (AvgIpc) is 1.74. The van der Waals surface area contributed by atoms with Crippen molar-refractivity contribution in [2.75, 3.05) is 133 Å². The van der Waals surface area contributed by atoms with Gasteiger partial charge in [0, 0.05) is 104 Å². The van der Waals surface area contributed by atoms with Crippen LogP contribution < -0.4 is 22.1 Å². The summed E-state index contributed by atoms with van der Waals surface area (Å²) in [4.78, 5) is 144. The maximum absolute atomic E-state index is 14.2. The zero-order valence-corrected chi connectivity index (χ0v) is 81.1. The number of likely N-dealkylation sites (N-methyl/N-ethyl adjacent to an activating group) is 2. The van der Waals surface area contributed by atoms with E-state index in [0.29, 0.717) is 81.9 Å². The molecule has 42 heteroatoms. The molecule has 4 fully saturated rings. The van der Waals surface area contributed by atoms with Crippen LogP contribution in [0.1, 0.15) is 133 Å². The second-order valence-electron chi connectivity index (χ2n) is 36.1.